The predicted molar refractivity (Wildman–Crippen MR) is 27.5 cm³/mol. The van der Waals surface area contributed by atoms with Crippen molar-refractivity contribution in [2.45, 2.75) is 24.8 Å². The van der Waals surface area contributed by atoms with Crippen molar-refractivity contribution in [3.05, 3.63) is 0 Å². The van der Waals surface area contributed by atoms with Gasteiger partial charge in [0.1, 0.15) is 0 Å². The maximum absolute atomic E-state index is 8.52. The summed E-state index contributed by atoms with van der Waals surface area (Å²) in [5, 5.41) is 8.52. The fourth-order valence-corrected chi connectivity index (χ4v) is 2.12. The molecule has 0 aromatic carbocycles. The molecule has 3 rings (SSSR count). The van der Waals surface area contributed by atoms with Gasteiger partial charge in [-0.15, -0.1) is 0 Å². The van der Waals surface area contributed by atoms with Crippen molar-refractivity contribution in [3.63, 3.8) is 0 Å². The van der Waals surface area contributed by atoms with E-state index >= 15 is 0 Å². The molecule has 3 fully saturated rings. The van der Waals surface area contributed by atoms with E-state index in [4.69, 9.17) is 5.26 Å². The Morgan fingerprint density at radius 3 is 2.00 bits per heavy atom. The van der Waals surface area contributed by atoms with Crippen molar-refractivity contribution in [2.24, 2.45) is 5.41 Å². The molecule has 0 radical (unpaired) electrons. The van der Waals surface area contributed by atoms with E-state index in [0.29, 0.717) is 5.54 Å². The number of hydrogen-bond donors (Lipinski definition) is 1. The molecular weight excluding hydrogens is 100 g/mol. The van der Waals surface area contributed by atoms with Crippen LogP contribution in [0.15, 0.2) is 0 Å². The quantitative estimate of drug-likeness (QED) is 0.455. The number of nitriles is 1. The summed E-state index contributed by atoms with van der Waals surface area (Å²) in [6.45, 7) is 0. The molecule has 3 saturated carbocycles. The Bertz CT molecular complexity index is 158. The van der Waals surface area contributed by atoms with Crippen LogP contribution in [0.1, 0.15) is 19.3 Å². The average Bonchev–Trinajstić information content (AvgIpc) is 1.55. The van der Waals surface area contributed by atoms with Gasteiger partial charge >= 0.3 is 0 Å². The van der Waals surface area contributed by atoms with Crippen LogP contribution < -0.4 is 5.73 Å². The molecular formula is C6H9N2+. The van der Waals surface area contributed by atoms with E-state index in [2.05, 4.69) is 11.8 Å². The van der Waals surface area contributed by atoms with E-state index in [1.54, 1.807) is 0 Å². The lowest BCUT2D eigenvalue weighted by molar-refractivity contribution is -0.561. The average molecular weight is 109 g/mol. The Hall–Kier alpha value is -0.550. The maximum Gasteiger partial charge on any atom is 0.0992 e. The second-order valence-electron chi connectivity index (χ2n) is 3.42. The Morgan fingerprint density at radius 2 is 1.88 bits per heavy atom. The highest BCUT2D eigenvalue weighted by molar-refractivity contribution is 5.26. The topological polar surface area (TPSA) is 51.4 Å². The van der Waals surface area contributed by atoms with Gasteiger partial charge < -0.3 is 5.73 Å². The van der Waals surface area contributed by atoms with Crippen LogP contribution in [0.5, 0.6) is 0 Å². The van der Waals surface area contributed by atoms with Crippen molar-refractivity contribution in [2.75, 3.05) is 0 Å². The molecule has 0 unspecified atom stereocenters. The minimum atomic E-state index is 0.113. The molecule has 0 aromatic heterocycles. The molecule has 8 heavy (non-hydrogen) atoms. The molecule has 0 aromatic rings. The molecule has 3 N–H and O–H groups in total. The molecule has 3 aliphatic rings. The lowest BCUT2D eigenvalue weighted by atomic mass is 9.40. The van der Waals surface area contributed by atoms with E-state index in [1.165, 1.54) is 0 Å². The zero-order valence-corrected chi connectivity index (χ0v) is 4.78. The summed E-state index contributed by atoms with van der Waals surface area (Å²) < 4.78 is 0. The standard InChI is InChI=1S/C6H8N2/c7-4-5-1-6(8,2-5)3-5/h1-3,8H2/p+1. The fourth-order valence-electron chi connectivity index (χ4n) is 2.12. The predicted octanol–water partition coefficient (Wildman–Crippen LogP) is -0.325. The van der Waals surface area contributed by atoms with Crippen LogP contribution in [0.3, 0.4) is 0 Å². The van der Waals surface area contributed by atoms with Gasteiger partial charge in [-0.2, -0.15) is 5.26 Å². The summed E-state index contributed by atoms with van der Waals surface area (Å²) in [6, 6.07) is 2.33. The zero-order chi connectivity index (χ0) is 5.83. The van der Waals surface area contributed by atoms with Gasteiger partial charge in [0.05, 0.1) is 17.0 Å². The Labute approximate surface area is 48.3 Å². The van der Waals surface area contributed by atoms with Crippen LogP contribution in [0.25, 0.3) is 0 Å². The molecule has 2 nitrogen and oxygen atoms in total. The fraction of sp³-hybridized carbons (Fsp3) is 0.833. The zero-order valence-electron chi connectivity index (χ0n) is 4.78. The Kier molecular flexibility index (Phi) is 0.435. The highest BCUT2D eigenvalue weighted by Crippen LogP contribution is 2.64. The number of rotatable bonds is 0. The normalized spacial score (nSPS) is 58.0. The largest absolute Gasteiger partial charge is 0.353 e. The highest BCUT2D eigenvalue weighted by atomic mass is 14.9. The van der Waals surface area contributed by atoms with Gasteiger partial charge in [0.15, 0.2) is 0 Å². The second kappa shape index (κ2) is 0.803. The van der Waals surface area contributed by atoms with Crippen LogP contribution in [-0.2, 0) is 0 Å². The van der Waals surface area contributed by atoms with Gasteiger partial charge in [-0.05, 0) is 0 Å². The van der Waals surface area contributed by atoms with E-state index in [9.17, 15) is 0 Å². The van der Waals surface area contributed by atoms with Crippen molar-refractivity contribution < 1.29 is 5.73 Å². The summed E-state index contributed by atoms with van der Waals surface area (Å²) in [7, 11) is 0. The van der Waals surface area contributed by atoms with Gasteiger partial charge in [-0.25, -0.2) is 0 Å². The Morgan fingerprint density at radius 1 is 1.38 bits per heavy atom. The number of nitrogens with zero attached hydrogens (tertiary/aromatic N) is 1. The van der Waals surface area contributed by atoms with Crippen LogP contribution in [0.4, 0.5) is 0 Å². The molecule has 3 aliphatic carbocycles. The maximum atomic E-state index is 8.52. The van der Waals surface area contributed by atoms with Crippen LogP contribution in [0.2, 0.25) is 0 Å². The summed E-state index contributed by atoms with van der Waals surface area (Å²) in [5.41, 5.74) is 4.45. The van der Waals surface area contributed by atoms with E-state index in [1.807, 2.05) is 0 Å². The Balaban J connectivity index is 2.17. The minimum absolute atomic E-state index is 0.113. The van der Waals surface area contributed by atoms with Crippen LogP contribution >= 0.6 is 0 Å². The summed E-state index contributed by atoms with van der Waals surface area (Å²) >= 11 is 0. The van der Waals surface area contributed by atoms with Crippen molar-refractivity contribution >= 4 is 0 Å². The first-order chi connectivity index (χ1) is 3.68. The number of quaternary nitrogens is 1. The molecule has 0 spiro atoms. The van der Waals surface area contributed by atoms with Crippen LogP contribution in [0, 0.1) is 16.7 Å². The van der Waals surface area contributed by atoms with Gasteiger partial charge in [0, 0.05) is 19.3 Å². The summed E-state index contributed by atoms with van der Waals surface area (Å²) in [6.07, 6.45) is 3.20. The van der Waals surface area contributed by atoms with E-state index in [0.717, 1.165) is 19.3 Å². The molecule has 0 heterocycles. The second-order valence-corrected chi connectivity index (χ2v) is 3.42. The van der Waals surface area contributed by atoms with Gasteiger partial charge in [0.25, 0.3) is 0 Å². The summed E-state index contributed by atoms with van der Waals surface area (Å²) in [4.78, 5) is 0. The molecule has 0 amide bonds. The highest BCUT2D eigenvalue weighted by Gasteiger charge is 2.70. The van der Waals surface area contributed by atoms with E-state index < -0.39 is 0 Å². The monoisotopic (exact) mass is 109 g/mol. The third kappa shape index (κ3) is 0.258. The molecule has 42 valence electrons. The SMILES string of the molecule is N#CC12CC([NH3+])(C1)C2. The lowest BCUT2D eigenvalue weighted by Crippen LogP contribution is -2.89. The molecule has 0 aliphatic heterocycles. The summed E-state index contributed by atoms with van der Waals surface area (Å²) in [5.74, 6) is 0. The first kappa shape index (κ1) is 4.34. The third-order valence-corrected chi connectivity index (χ3v) is 2.38. The van der Waals surface area contributed by atoms with Gasteiger partial charge in [-0.1, -0.05) is 0 Å². The molecule has 2 heteroatoms. The van der Waals surface area contributed by atoms with Crippen LogP contribution in [-0.4, -0.2) is 5.54 Å². The lowest BCUT2D eigenvalue weighted by Gasteiger charge is -2.61. The molecule has 2 bridgehead atoms. The van der Waals surface area contributed by atoms with Crippen molar-refractivity contribution in [3.8, 4) is 6.07 Å². The van der Waals surface area contributed by atoms with Crippen molar-refractivity contribution in [1.82, 2.24) is 0 Å². The van der Waals surface area contributed by atoms with Gasteiger partial charge in [-0.3, -0.25) is 0 Å². The minimum Gasteiger partial charge on any atom is -0.353 e. The molecule has 0 saturated heterocycles. The number of hydrogen-bond acceptors (Lipinski definition) is 1. The van der Waals surface area contributed by atoms with Gasteiger partial charge in [0.2, 0.25) is 0 Å². The third-order valence-electron chi connectivity index (χ3n) is 2.38. The first-order valence-electron chi connectivity index (χ1n) is 2.95. The smallest absolute Gasteiger partial charge is 0.0992 e. The molecule has 0 atom stereocenters. The van der Waals surface area contributed by atoms with Crippen molar-refractivity contribution in [1.29, 1.82) is 5.26 Å². The van der Waals surface area contributed by atoms with E-state index in [-0.39, 0.29) is 5.41 Å². The first-order valence-corrected chi connectivity index (χ1v) is 2.95.